The second-order valence-corrected chi connectivity index (χ2v) is 4.55. The Labute approximate surface area is 73.5 Å². The number of Topliss-reactive ketones (excluding diaryl/α,β-unsaturated/α-hetero) is 1. The summed E-state index contributed by atoms with van der Waals surface area (Å²) in [7, 11) is 0. The molecule has 0 amide bonds. The Kier molecular flexibility index (Phi) is 1.76. The van der Waals surface area contributed by atoms with Gasteiger partial charge in [0.05, 0.1) is 5.54 Å². The number of nitrogens with two attached hydrogens (primary N) is 1. The normalized spacial score (nSPS) is 29.2. The molecule has 0 spiro atoms. The summed E-state index contributed by atoms with van der Waals surface area (Å²) in [6, 6.07) is 0. The Morgan fingerprint density at radius 3 is 2.25 bits per heavy atom. The topological polar surface area (TPSA) is 43.1 Å². The van der Waals surface area contributed by atoms with E-state index in [1.807, 2.05) is 6.92 Å². The van der Waals surface area contributed by atoms with Crippen molar-refractivity contribution >= 4 is 5.78 Å². The number of hydrogen-bond donors (Lipinski definition) is 1. The molecule has 0 aromatic rings. The minimum Gasteiger partial charge on any atom is -0.319 e. The van der Waals surface area contributed by atoms with E-state index in [0.717, 1.165) is 25.7 Å². The Hall–Kier alpha value is -0.370. The smallest absolute Gasteiger partial charge is 0.155 e. The van der Waals surface area contributed by atoms with E-state index < -0.39 is 5.54 Å². The highest BCUT2D eigenvalue weighted by Gasteiger charge is 2.46. The third-order valence-electron chi connectivity index (χ3n) is 3.43. The molecule has 0 radical (unpaired) electrons. The van der Waals surface area contributed by atoms with Gasteiger partial charge in [0, 0.05) is 5.92 Å². The second kappa shape index (κ2) is 2.56. The van der Waals surface area contributed by atoms with Crippen molar-refractivity contribution in [3.63, 3.8) is 0 Å². The van der Waals surface area contributed by atoms with Gasteiger partial charge in [0.15, 0.2) is 5.78 Å². The Bertz CT molecular complexity index is 202. The molecule has 1 atom stereocenters. The zero-order valence-corrected chi connectivity index (χ0v) is 7.68. The summed E-state index contributed by atoms with van der Waals surface area (Å²) < 4.78 is 0. The predicted molar refractivity (Wildman–Crippen MR) is 47.7 cm³/mol. The van der Waals surface area contributed by atoms with Crippen LogP contribution in [-0.2, 0) is 4.79 Å². The number of carbonyl (C=O) groups excluding carboxylic acids is 1. The molecule has 0 aromatic carbocycles. The number of carbonyl (C=O) groups is 1. The minimum absolute atomic E-state index is 0.306. The molecule has 2 nitrogen and oxygen atoms in total. The van der Waals surface area contributed by atoms with Gasteiger partial charge in [0.25, 0.3) is 0 Å². The van der Waals surface area contributed by atoms with Crippen molar-refractivity contribution in [3.8, 4) is 0 Å². The first-order chi connectivity index (χ1) is 5.62. The van der Waals surface area contributed by atoms with Crippen LogP contribution in [0.2, 0.25) is 0 Å². The average Bonchev–Trinajstić information content (AvgIpc) is 2.62. The molecule has 2 rings (SSSR count). The molecule has 68 valence electrons. The summed E-state index contributed by atoms with van der Waals surface area (Å²) in [6.07, 6.45) is 5.70. The molecule has 2 N–H and O–H groups in total. The van der Waals surface area contributed by atoms with Crippen molar-refractivity contribution in [2.75, 3.05) is 0 Å². The minimum atomic E-state index is -0.495. The molecule has 0 heterocycles. The maximum atomic E-state index is 11.8. The lowest BCUT2D eigenvalue weighted by Gasteiger charge is -2.32. The highest BCUT2D eigenvalue weighted by atomic mass is 16.1. The maximum absolute atomic E-state index is 11.8. The van der Waals surface area contributed by atoms with E-state index in [2.05, 4.69) is 0 Å². The van der Waals surface area contributed by atoms with Crippen molar-refractivity contribution in [2.24, 2.45) is 17.6 Å². The van der Waals surface area contributed by atoms with Gasteiger partial charge in [-0.05, 0) is 38.5 Å². The molecule has 1 unspecified atom stereocenters. The molecule has 2 aliphatic carbocycles. The first-order valence-corrected chi connectivity index (χ1v) is 4.95. The van der Waals surface area contributed by atoms with E-state index >= 15 is 0 Å². The van der Waals surface area contributed by atoms with E-state index in [4.69, 9.17) is 5.73 Å². The van der Waals surface area contributed by atoms with Crippen molar-refractivity contribution in [1.82, 2.24) is 0 Å². The van der Waals surface area contributed by atoms with Crippen LogP contribution in [0.3, 0.4) is 0 Å². The summed E-state index contributed by atoms with van der Waals surface area (Å²) in [5.41, 5.74) is 5.53. The molecule has 2 fully saturated rings. The molecule has 0 aliphatic heterocycles. The van der Waals surface area contributed by atoms with Gasteiger partial charge in [-0.2, -0.15) is 0 Å². The lowest BCUT2D eigenvalue weighted by molar-refractivity contribution is -0.130. The van der Waals surface area contributed by atoms with Crippen LogP contribution in [0.4, 0.5) is 0 Å². The average molecular weight is 167 g/mol. The van der Waals surface area contributed by atoms with Crippen LogP contribution in [0, 0.1) is 11.8 Å². The molecule has 2 saturated carbocycles. The van der Waals surface area contributed by atoms with Gasteiger partial charge in [-0.1, -0.05) is 6.42 Å². The van der Waals surface area contributed by atoms with Gasteiger partial charge in [0.2, 0.25) is 0 Å². The van der Waals surface area contributed by atoms with E-state index in [9.17, 15) is 4.79 Å². The van der Waals surface area contributed by atoms with Crippen LogP contribution in [0.5, 0.6) is 0 Å². The molecule has 2 aliphatic rings. The van der Waals surface area contributed by atoms with Crippen molar-refractivity contribution in [3.05, 3.63) is 0 Å². The van der Waals surface area contributed by atoms with Crippen molar-refractivity contribution in [1.29, 1.82) is 0 Å². The quantitative estimate of drug-likeness (QED) is 0.692. The highest BCUT2D eigenvalue weighted by Crippen LogP contribution is 2.42. The van der Waals surface area contributed by atoms with Crippen LogP contribution in [0.1, 0.15) is 39.0 Å². The second-order valence-electron chi connectivity index (χ2n) is 4.55. The molecule has 12 heavy (non-hydrogen) atoms. The van der Waals surface area contributed by atoms with Crippen LogP contribution in [0.25, 0.3) is 0 Å². The van der Waals surface area contributed by atoms with Crippen molar-refractivity contribution < 1.29 is 4.79 Å². The molecular formula is C10H17NO. The largest absolute Gasteiger partial charge is 0.319 e. The highest BCUT2D eigenvalue weighted by molar-refractivity contribution is 5.91. The standard InChI is InChI=1S/C10H17NO/c1-10(11,8-5-6-8)9(12)7-3-2-4-7/h7-8H,2-6,11H2,1H3. The van der Waals surface area contributed by atoms with Gasteiger partial charge >= 0.3 is 0 Å². The van der Waals surface area contributed by atoms with E-state index in [1.165, 1.54) is 6.42 Å². The Morgan fingerprint density at radius 1 is 1.33 bits per heavy atom. The molecule has 2 heteroatoms. The first-order valence-electron chi connectivity index (χ1n) is 4.95. The zero-order valence-electron chi connectivity index (χ0n) is 7.68. The Morgan fingerprint density at radius 2 is 1.92 bits per heavy atom. The lowest BCUT2D eigenvalue weighted by atomic mass is 9.74. The van der Waals surface area contributed by atoms with Crippen LogP contribution in [0.15, 0.2) is 0 Å². The molecular weight excluding hydrogens is 150 g/mol. The fourth-order valence-electron chi connectivity index (χ4n) is 1.99. The summed E-state index contributed by atoms with van der Waals surface area (Å²) in [5.74, 6) is 1.13. The van der Waals surface area contributed by atoms with E-state index in [1.54, 1.807) is 0 Å². The summed E-state index contributed by atoms with van der Waals surface area (Å²) in [6.45, 7) is 1.92. The third-order valence-corrected chi connectivity index (χ3v) is 3.43. The summed E-state index contributed by atoms with van der Waals surface area (Å²) in [5, 5.41) is 0. The monoisotopic (exact) mass is 167 g/mol. The molecule has 0 saturated heterocycles. The summed E-state index contributed by atoms with van der Waals surface area (Å²) >= 11 is 0. The van der Waals surface area contributed by atoms with E-state index in [0.29, 0.717) is 17.6 Å². The molecule has 0 aromatic heterocycles. The SMILES string of the molecule is CC(N)(C(=O)C1CCC1)C1CC1. The van der Waals surface area contributed by atoms with Crippen LogP contribution >= 0.6 is 0 Å². The number of hydrogen-bond acceptors (Lipinski definition) is 2. The van der Waals surface area contributed by atoms with Gasteiger partial charge < -0.3 is 5.73 Å². The third kappa shape index (κ3) is 1.18. The van der Waals surface area contributed by atoms with Crippen molar-refractivity contribution in [2.45, 2.75) is 44.6 Å². The van der Waals surface area contributed by atoms with Gasteiger partial charge in [0.1, 0.15) is 0 Å². The zero-order chi connectivity index (χ0) is 8.77. The maximum Gasteiger partial charge on any atom is 0.155 e. The predicted octanol–water partition coefficient (Wildman–Crippen LogP) is 1.48. The fourth-order valence-corrected chi connectivity index (χ4v) is 1.99. The van der Waals surface area contributed by atoms with Gasteiger partial charge in [-0.15, -0.1) is 0 Å². The summed E-state index contributed by atoms with van der Waals surface area (Å²) in [4.78, 5) is 11.8. The fraction of sp³-hybridized carbons (Fsp3) is 0.900. The Balaban J connectivity index is 2.00. The van der Waals surface area contributed by atoms with Crippen LogP contribution < -0.4 is 5.73 Å². The first kappa shape index (κ1) is 8.24. The van der Waals surface area contributed by atoms with Gasteiger partial charge in [-0.3, -0.25) is 4.79 Å². The number of rotatable bonds is 3. The van der Waals surface area contributed by atoms with Gasteiger partial charge in [-0.25, -0.2) is 0 Å². The van der Waals surface area contributed by atoms with Crippen LogP contribution in [-0.4, -0.2) is 11.3 Å². The molecule has 0 bridgehead atoms. The lowest BCUT2D eigenvalue weighted by Crippen LogP contribution is -2.51. The number of ketones is 1. The van der Waals surface area contributed by atoms with E-state index in [-0.39, 0.29) is 0 Å².